The zero-order valence-corrected chi connectivity index (χ0v) is 9.53. The molecule has 0 bridgehead atoms. The van der Waals surface area contributed by atoms with E-state index in [2.05, 4.69) is 40.9 Å². The number of aryl methyl sites for hydroxylation is 2. The van der Waals surface area contributed by atoms with Gasteiger partial charge in [0.05, 0.1) is 5.69 Å². The number of fused-ring (bicyclic) bond motifs is 3. The third-order valence-corrected chi connectivity index (χ3v) is 3.27. The van der Waals surface area contributed by atoms with Crippen LogP contribution in [0.15, 0.2) is 29.4 Å². The van der Waals surface area contributed by atoms with Crippen LogP contribution in [0.1, 0.15) is 17.7 Å². The summed E-state index contributed by atoms with van der Waals surface area (Å²) >= 11 is 0. The Morgan fingerprint density at radius 3 is 2.94 bits per heavy atom. The summed E-state index contributed by atoms with van der Waals surface area (Å²) in [6, 6.07) is 8.50. The maximum absolute atomic E-state index is 4.91. The number of hydrogen-bond acceptors (Lipinski definition) is 2. The Hall–Kier alpha value is -1.77. The van der Waals surface area contributed by atoms with Crippen LogP contribution in [0.2, 0.25) is 0 Å². The molecule has 16 heavy (non-hydrogen) atoms. The lowest BCUT2D eigenvalue weighted by Gasteiger charge is -1.97. The van der Waals surface area contributed by atoms with E-state index in [-0.39, 0.29) is 0 Å². The van der Waals surface area contributed by atoms with Crippen molar-refractivity contribution < 1.29 is 4.84 Å². The molecule has 0 saturated carbocycles. The highest BCUT2D eigenvalue weighted by atomic mass is 16.6. The van der Waals surface area contributed by atoms with Crippen molar-refractivity contribution in [2.75, 3.05) is 7.11 Å². The first-order valence-corrected chi connectivity index (χ1v) is 5.51. The number of oxime groups is 1. The highest BCUT2D eigenvalue weighted by Gasteiger charge is 2.24. The van der Waals surface area contributed by atoms with Gasteiger partial charge < -0.3 is 9.40 Å². The molecule has 0 saturated heterocycles. The third-order valence-electron chi connectivity index (χ3n) is 3.27. The highest BCUT2D eigenvalue weighted by molar-refractivity contribution is 6.07. The van der Waals surface area contributed by atoms with Gasteiger partial charge in [0, 0.05) is 23.9 Å². The van der Waals surface area contributed by atoms with Crippen molar-refractivity contribution in [1.29, 1.82) is 0 Å². The van der Waals surface area contributed by atoms with Crippen molar-refractivity contribution in [3.63, 3.8) is 0 Å². The van der Waals surface area contributed by atoms with Gasteiger partial charge in [-0.15, -0.1) is 0 Å². The van der Waals surface area contributed by atoms with Gasteiger partial charge in [-0.2, -0.15) is 0 Å². The molecular formula is C13H14N2O. The summed E-state index contributed by atoms with van der Waals surface area (Å²) in [5.41, 5.74) is 4.92. The molecule has 0 radical (unpaired) electrons. The SMILES string of the molecule is CON=C1CCn2c1c(C)c1ccccc12. The van der Waals surface area contributed by atoms with Crippen LogP contribution in [0.5, 0.6) is 0 Å². The second-order valence-corrected chi connectivity index (χ2v) is 4.11. The molecule has 82 valence electrons. The van der Waals surface area contributed by atoms with Crippen molar-refractivity contribution in [1.82, 2.24) is 4.57 Å². The first kappa shape index (κ1) is 9.46. The van der Waals surface area contributed by atoms with Gasteiger partial charge in [0.1, 0.15) is 12.8 Å². The zero-order chi connectivity index (χ0) is 11.1. The molecule has 1 aliphatic heterocycles. The molecule has 1 aliphatic rings. The van der Waals surface area contributed by atoms with E-state index in [0.29, 0.717) is 0 Å². The summed E-state index contributed by atoms with van der Waals surface area (Å²) in [4.78, 5) is 4.91. The molecular weight excluding hydrogens is 200 g/mol. The van der Waals surface area contributed by atoms with E-state index in [1.165, 1.54) is 22.2 Å². The fraction of sp³-hybridized carbons (Fsp3) is 0.308. The highest BCUT2D eigenvalue weighted by Crippen LogP contribution is 2.30. The molecule has 3 heteroatoms. The van der Waals surface area contributed by atoms with Crippen molar-refractivity contribution >= 4 is 16.6 Å². The molecule has 0 atom stereocenters. The van der Waals surface area contributed by atoms with Crippen LogP contribution >= 0.6 is 0 Å². The monoisotopic (exact) mass is 214 g/mol. The number of hydrogen-bond donors (Lipinski definition) is 0. The Kier molecular flexibility index (Phi) is 1.99. The number of aromatic nitrogens is 1. The van der Waals surface area contributed by atoms with Crippen LogP contribution in [0.4, 0.5) is 0 Å². The van der Waals surface area contributed by atoms with E-state index < -0.39 is 0 Å². The van der Waals surface area contributed by atoms with Gasteiger partial charge in [-0.05, 0) is 18.6 Å². The second kappa shape index (κ2) is 3.37. The average molecular weight is 214 g/mol. The predicted molar refractivity (Wildman–Crippen MR) is 64.8 cm³/mol. The van der Waals surface area contributed by atoms with Crippen molar-refractivity contribution in [2.45, 2.75) is 19.9 Å². The van der Waals surface area contributed by atoms with Crippen LogP contribution in [0.25, 0.3) is 10.9 Å². The largest absolute Gasteiger partial charge is 0.399 e. The predicted octanol–water partition coefficient (Wildman–Crippen LogP) is 2.70. The first-order valence-electron chi connectivity index (χ1n) is 5.51. The molecule has 3 nitrogen and oxygen atoms in total. The molecule has 0 unspecified atom stereocenters. The van der Waals surface area contributed by atoms with Gasteiger partial charge in [-0.25, -0.2) is 0 Å². The molecule has 0 aliphatic carbocycles. The zero-order valence-electron chi connectivity index (χ0n) is 9.53. The Balaban J connectivity index is 2.34. The minimum absolute atomic E-state index is 0.967. The number of para-hydroxylation sites is 1. The van der Waals surface area contributed by atoms with E-state index >= 15 is 0 Å². The van der Waals surface area contributed by atoms with Crippen molar-refractivity contribution in [2.24, 2.45) is 5.16 Å². The molecule has 2 aromatic rings. The molecule has 0 spiro atoms. The van der Waals surface area contributed by atoms with E-state index in [0.717, 1.165) is 18.7 Å². The molecule has 0 amide bonds. The summed E-state index contributed by atoms with van der Waals surface area (Å²) in [6.07, 6.45) is 0.967. The normalized spacial score (nSPS) is 17.0. The minimum Gasteiger partial charge on any atom is -0.399 e. The van der Waals surface area contributed by atoms with Crippen molar-refractivity contribution in [3.8, 4) is 0 Å². The summed E-state index contributed by atoms with van der Waals surface area (Å²) in [5, 5.41) is 5.44. The summed E-state index contributed by atoms with van der Waals surface area (Å²) in [7, 11) is 1.60. The van der Waals surface area contributed by atoms with E-state index in [1.807, 2.05) is 0 Å². The summed E-state index contributed by atoms with van der Waals surface area (Å²) in [5.74, 6) is 0. The summed E-state index contributed by atoms with van der Waals surface area (Å²) < 4.78 is 2.34. The minimum atomic E-state index is 0.967. The van der Waals surface area contributed by atoms with E-state index in [9.17, 15) is 0 Å². The molecule has 3 rings (SSSR count). The fourth-order valence-corrected chi connectivity index (χ4v) is 2.62. The Labute approximate surface area is 94.3 Å². The molecule has 2 heterocycles. The first-order chi connectivity index (χ1) is 7.83. The van der Waals surface area contributed by atoms with Gasteiger partial charge in [-0.1, -0.05) is 23.4 Å². The second-order valence-electron chi connectivity index (χ2n) is 4.11. The van der Waals surface area contributed by atoms with Crippen LogP contribution in [0, 0.1) is 6.92 Å². The van der Waals surface area contributed by atoms with Crippen LogP contribution in [0.3, 0.4) is 0 Å². The van der Waals surface area contributed by atoms with Crippen LogP contribution < -0.4 is 0 Å². The topological polar surface area (TPSA) is 26.5 Å². The number of benzene rings is 1. The quantitative estimate of drug-likeness (QED) is 0.670. The van der Waals surface area contributed by atoms with Crippen molar-refractivity contribution in [3.05, 3.63) is 35.5 Å². The maximum Gasteiger partial charge on any atom is 0.106 e. The van der Waals surface area contributed by atoms with E-state index in [4.69, 9.17) is 4.84 Å². The van der Waals surface area contributed by atoms with Crippen LogP contribution in [-0.4, -0.2) is 17.4 Å². The lowest BCUT2D eigenvalue weighted by Crippen LogP contribution is -1.97. The summed E-state index contributed by atoms with van der Waals surface area (Å²) in [6.45, 7) is 3.16. The Morgan fingerprint density at radius 2 is 2.12 bits per heavy atom. The fourth-order valence-electron chi connectivity index (χ4n) is 2.62. The lowest BCUT2D eigenvalue weighted by atomic mass is 10.1. The van der Waals surface area contributed by atoms with E-state index in [1.54, 1.807) is 7.11 Å². The van der Waals surface area contributed by atoms with Gasteiger partial charge in [0.2, 0.25) is 0 Å². The van der Waals surface area contributed by atoms with Gasteiger partial charge in [-0.3, -0.25) is 0 Å². The third kappa shape index (κ3) is 1.11. The van der Waals surface area contributed by atoms with Gasteiger partial charge >= 0.3 is 0 Å². The number of nitrogens with zero attached hydrogens (tertiary/aromatic N) is 2. The Morgan fingerprint density at radius 1 is 1.31 bits per heavy atom. The van der Waals surface area contributed by atoms with Gasteiger partial charge in [0.15, 0.2) is 0 Å². The molecule has 0 N–H and O–H groups in total. The molecule has 0 fully saturated rings. The maximum atomic E-state index is 4.91. The standard InChI is InChI=1S/C13H14N2O/c1-9-10-5-3-4-6-12(10)15-8-7-11(13(9)15)14-16-2/h3-6H,7-8H2,1-2H3. The van der Waals surface area contributed by atoms with Gasteiger partial charge in [0.25, 0.3) is 0 Å². The van der Waals surface area contributed by atoms with Crippen LogP contribution in [-0.2, 0) is 11.4 Å². The smallest absolute Gasteiger partial charge is 0.106 e. The average Bonchev–Trinajstić information content (AvgIpc) is 2.83. The number of rotatable bonds is 1. The Bertz CT molecular complexity index is 581. The molecule has 1 aromatic carbocycles. The lowest BCUT2D eigenvalue weighted by molar-refractivity contribution is 0.213. The molecule has 1 aromatic heterocycles.